The van der Waals surface area contributed by atoms with Gasteiger partial charge < -0.3 is 9.58 Å². The molecular formula is C17H16BrNO. The van der Waals surface area contributed by atoms with Crippen LogP contribution >= 0.6 is 15.9 Å². The fourth-order valence-electron chi connectivity index (χ4n) is 2.19. The van der Waals surface area contributed by atoms with Crippen molar-refractivity contribution in [2.24, 2.45) is 0 Å². The molecule has 2 aromatic carbocycles. The summed E-state index contributed by atoms with van der Waals surface area (Å²) < 4.78 is 6.27. The summed E-state index contributed by atoms with van der Waals surface area (Å²) in [4.78, 5) is 3.87. The van der Waals surface area contributed by atoms with E-state index in [9.17, 15) is 0 Å². The number of ether oxygens (including phenoxy) is 1. The molecule has 20 heavy (non-hydrogen) atoms. The second-order valence-corrected chi connectivity index (χ2v) is 5.74. The van der Waals surface area contributed by atoms with Crippen LogP contribution in [0.4, 0.5) is 0 Å². The van der Waals surface area contributed by atoms with Gasteiger partial charge in [0.15, 0.2) is 0 Å². The highest BCUT2D eigenvalue weighted by molar-refractivity contribution is 9.10. The summed E-state index contributed by atoms with van der Waals surface area (Å²) in [6.45, 7) is 9.56. The average Bonchev–Trinajstić information content (AvgIpc) is 2.50. The van der Waals surface area contributed by atoms with Crippen molar-refractivity contribution in [3.63, 3.8) is 0 Å². The van der Waals surface area contributed by atoms with E-state index in [4.69, 9.17) is 11.3 Å². The van der Waals surface area contributed by atoms with Gasteiger partial charge in [-0.05, 0) is 23.8 Å². The number of hydrogen-bond acceptors (Lipinski definition) is 1. The van der Waals surface area contributed by atoms with Gasteiger partial charge in [-0.2, -0.15) is 0 Å². The van der Waals surface area contributed by atoms with Crippen molar-refractivity contribution in [2.45, 2.75) is 18.9 Å². The third-order valence-electron chi connectivity index (χ3n) is 3.43. The molecule has 2 nitrogen and oxygen atoms in total. The van der Waals surface area contributed by atoms with Crippen LogP contribution < -0.4 is 4.74 Å². The summed E-state index contributed by atoms with van der Waals surface area (Å²) in [5.74, 6) is 0.809. The van der Waals surface area contributed by atoms with Crippen LogP contribution in [0.5, 0.6) is 5.75 Å². The summed E-state index contributed by atoms with van der Waals surface area (Å²) in [5, 5.41) is 0. The Hall–Kier alpha value is -1.79. The number of hydrogen-bond donors (Lipinski definition) is 0. The second kappa shape index (κ2) is 6.11. The Kier molecular flexibility index (Phi) is 4.46. The molecule has 3 heteroatoms. The number of nitrogens with zero attached hydrogens (tertiary/aromatic N) is 1. The van der Waals surface area contributed by atoms with E-state index in [2.05, 4.69) is 20.8 Å². The van der Waals surface area contributed by atoms with Crippen molar-refractivity contribution < 1.29 is 4.74 Å². The van der Waals surface area contributed by atoms with Crippen LogP contribution in [-0.4, -0.2) is 7.11 Å². The van der Waals surface area contributed by atoms with Crippen molar-refractivity contribution in [1.82, 2.24) is 0 Å². The van der Waals surface area contributed by atoms with Crippen LogP contribution in [0.3, 0.4) is 0 Å². The lowest BCUT2D eigenvalue weighted by Gasteiger charge is -2.19. The van der Waals surface area contributed by atoms with E-state index in [0.717, 1.165) is 21.3 Å². The monoisotopic (exact) mass is 329 g/mol. The van der Waals surface area contributed by atoms with Gasteiger partial charge in [0.25, 0.3) is 5.54 Å². The third kappa shape index (κ3) is 3.02. The minimum absolute atomic E-state index is 0.573. The molecule has 0 aliphatic rings. The molecule has 2 aromatic rings. The van der Waals surface area contributed by atoms with Crippen LogP contribution in [0.15, 0.2) is 53.0 Å². The van der Waals surface area contributed by atoms with Gasteiger partial charge in [-0.3, -0.25) is 0 Å². The van der Waals surface area contributed by atoms with Crippen molar-refractivity contribution in [1.29, 1.82) is 0 Å². The first-order chi connectivity index (χ1) is 9.59. The number of methoxy groups -OCH3 is 1. The standard InChI is InChI=1S/C17H16BrNO/c1-17(19-2,14-7-5-4-6-8-14)12-13-11-15(20-3)9-10-16(13)18/h4-11H,12H2,1,3H3. The lowest BCUT2D eigenvalue weighted by Crippen LogP contribution is -2.20. The Morgan fingerprint density at radius 1 is 1.20 bits per heavy atom. The summed E-state index contributed by atoms with van der Waals surface area (Å²) in [5.41, 5.74) is 1.53. The minimum Gasteiger partial charge on any atom is -0.497 e. The zero-order valence-electron chi connectivity index (χ0n) is 11.6. The molecule has 102 valence electrons. The molecule has 0 aliphatic heterocycles. The van der Waals surface area contributed by atoms with Gasteiger partial charge in [0, 0.05) is 17.0 Å². The third-order valence-corrected chi connectivity index (χ3v) is 4.20. The van der Waals surface area contributed by atoms with Crippen molar-refractivity contribution in [2.75, 3.05) is 7.11 Å². The molecule has 0 spiro atoms. The lowest BCUT2D eigenvalue weighted by molar-refractivity contribution is 0.413. The topological polar surface area (TPSA) is 13.6 Å². The molecule has 0 heterocycles. The van der Waals surface area contributed by atoms with Gasteiger partial charge in [-0.15, -0.1) is 0 Å². The molecule has 2 rings (SSSR count). The molecule has 0 saturated heterocycles. The van der Waals surface area contributed by atoms with Gasteiger partial charge in [0.05, 0.1) is 13.5 Å². The van der Waals surface area contributed by atoms with E-state index in [0.29, 0.717) is 6.42 Å². The smallest absolute Gasteiger partial charge is 0.258 e. The van der Waals surface area contributed by atoms with Gasteiger partial charge in [0.2, 0.25) is 0 Å². The Labute approximate surface area is 128 Å². The summed E-state index contributed by atoms with van der Waals surface area (Å²) in [6, 6.07) is 15.8. The van der Waals surface area contributed by atoms with Crippen LogP contribution in [0.1, 0.15) is 18.1 Å². The van der Waals surface area contributed by atoms with E-state index in [1.54, 1.807) is 7.11 Å². The molecule has 0 aromatic heterocycles. The van der Waals surface area contributed by atoms with E-state index < -0.39 is 5.54 Å². The Bertz CT molecular complexity index is 633. The maximum Gasteiger partial charge on any atom is 0.258 e. The van der Waals surface area contributed by atoms with Crippen molar-refractivity contribution in [3.8, 4) is 5.75 Å². The molecule has 0 radical (unpaired) electrons. The van der Waals surface area contributed by atoms with Crippen LogP contribution in [0.25, 0.3) is 4.85 Å². The second-order valence-electron chi connectivity index (χ2n) is 4.89. The number of rotatable bonds is 4. The average molecular weight is 330 g/mol. The minimum atomic E-state index is -0.573. The first kappa shape index (κ1) is 14.6. The molecule has 0 N–H and O–H groups in total. The first-order valence-corrected chi connectivity index (χ1v) is 7.15. The van der Waals surface area contributed by atoms with Crippen molar-refractivity contribution >= 4 is 15.9 Å². The lowest BCUT2D eigenvalue weighted by atomic mass is 9.86. The predicted molar refractivity (Wildman–Crippen MR) is 84.8 cm³/mol. The number of halogens is 1. The SMILES string of the molecule is [C-]#[N+]C(C)(Cc1cc(OC)ccc1Br)c1ccccc1. The van der Waals surface area contributed by atoms with Gasteiger partial charge >= 0.3 is 0 Å². The number of benzene rings is 2. The summed E-state index contributed by atoms with van der Waals surface area (Å²) >= 11 is 3.56. The molecule has 0 amide bonds. The van der Waals surface area contributed by atoms with Gasteiger partial charge in [0.1, 0.15) is 5.75 Å². The Balaban J connectivity index is 2.38. The Morgan fingerprint density at radius 3 is 2.50 bits per heavy atom. The molecule has 0 saturated carbocycles. The van der Waals surface area contributed by atoms with E-state index in [-0.39, 0.29) is 0 Å². The van der Waals surface area contributed by atoms with Gasteiger partial charge in [-0.1, -0.05) is 46.3 Å². The fourth-order valence-corrected chi connectivity index (χ4v) is 2.57. The molecule has 0 fully saturated rings. The normalized spacial score (nSPS) is 13.3. The summed E-state index contributed by atoms with van der Waals surface area (Å²) in [7, 11) is 1.65. The van der Waals surface area contributed by atoms with E-state index in [1.165, 1.54) is 0 Å². The van der Waals surface area contributed by atoms with Gasteiger partial charge in [-0.25, -0.2) is 6.57 Å². The van der Waals surface area contributed by atoms with E-state index >= 15 is 0 Å². The molecule has 1 atom stereocenters. The van der Waals surface area contributed by atoms with Crippen molar-refractivity contribution in [3.05, 3.63) is 75.5 Å². The van der Waals surface area contributed by atoms with E-state index in [1.807, 2.05) is 55.5 Å². The maximum atomic E-state index is 7.59. The van der Waals surface area contributed by atoms with Crippen LogP contribution in [0.2, 0.25) is 0 Å². The highest BCUT2D eigenvalue weighted by atomic mass is 79.9. The zero-order valence-corrected chi connectivity index (χ0v) is 13.1. The molecular weight excluding hydrogens is 314 g/mol. The highest BCUT2D eigenvalue weighted by Gasteiger charge is 2.33. The highest BCUT2D eigenvalue weighted by Crippen LogP contribution is 2.33. The Morgan fingerprint density at radius 2 is 1.90 bits per heavy atom. The molecule has 0 aliphatic carbocycles. The summed E-state index contributed by atoms with van der Waals surface area (Å²) in [6.07, 6.45) is 0.637. The molecule has 1 unspecified atom stereocenters. The van der Waals surface area contributed by atoms with Crippen LogP contribution in [0, 0.1) is 6.57 Å². The largest absolute Gasteiger partial charge is 0.497 e. The van der Waals surface area contributed by atoms with Crippen LogP contribution in [-0.2, 0) is 12.0 Å². The first-order valence-electron chi connectivity index (χ1n) is 6.35. The quantitative estimate of drug-likeness (QED) is 0.732. The zero-order chi connectivity index (χ0) is 14.6. The predicted octanol–water partition coefficient (Wildman–Crippen LogP) is 4.83. The molecule has 0 bridgehead atoms. The fraction of sp³-hybridized carbons (Fsp3) is 0.235. The maximum absolute atomic E-state index is 7.59.